The molecule has 1 aliphatic carbocycles. The summed E-state index contributed by atoms with van der Waals surface area (Å²) in [5.41, 5.74) is 5.38. The van der Waals surface area contributed by atoms with Gasteiger partial charge in [-0.15, -0.1) is 0 Å². The Labute approximate surface area is 224 Å². The van der Waals surface area contributed by atoms with Gasteiger partial charge < -0.3 is 24.7 Å². The number of ether oxygens (including phenoxy) is 1. The van der Waals surface area contributed by atoms with Crippen LogP contribution in [-0.4, -0.2) is 85.8 Å². The van der Waals surface area contributed by atoms with Gasteiger partial charge in [0.15, 0.2) is 6.10 Å². The average Bonchev–Trinajstić information content (AvgIpc) is 2.91. The van der Waals surface area contributed by atoms with E-state index in [0.717, 1.165) is 35.6 Å². The normalized spacial score (nSPS) is 17.9. The van der Waals surface area contributed by atoms with Gasteiger partial charge in [-0.05, 0) is 75.2 Å². The van der Waals surface area contributed by atoms with E-state index in [9.17, 15) is 19.8 Å². The highest BCUT2D eigenvalue weighted by Crippen LogP contribution is 2.29. The highest BCUT2D eigenvalue weighted by atomic mass is 16.5. The van der Waals surface area contributed by atoms with Crippen molar-refractivity contribution in [3.05, 3.63) is 47.5 Å². The Morgan fingerprint density at radius 2 is 1.24 bits per heavy atom. The zero-order chi connectivity index (χ0) is 27.8. The number of aliphatic hydroxyl groups excluding tert-OH is 2. The van der Waals surface area contributed by atoms with Crippen molar-refractivity contribution in [1.82, 2.24) is 0 Å². The highest BCUT2D eigenvalue weighted by Gasteiger charge is 2.39. The fourth-order valence-corrected chi connectivity index (χ4v) is 4.55. The summed E-state index contributed by atoms with van der Waals surface area (Å²) < 4.78 is 5.27. The van der Waals surface area contributed by atoms with Crippen LogP contribution in [0.5, 0.6) is 0 Å². The van der Waals surface area contributed by atoms with E-state index in [2.05, 4.69) is 19.8 Å². The van der Waals surface area contributed by atoms with Gasteiger partial charge in [0.25, 0.3) is 0 Å². The van der Waals surface area contributed by atoms with Crippen molar-refractivity contribution < 1.29 is 24.5 Å². The van der Waals surface area contributed by atoms with Gasteiger partial charge in [0.1, 0.15) is 0 Å². The third-order valence-corrected chi connectivity index (χ3v) is 6.72. The molecular weight excluding hydrogens is 484 g/mol. The molecule has 2 aromatic carbocycles. The smallest absolute Gasteiger partial charge is 0.214 e. The van der Waals surface area contributed by atoms with Gasteiger partial charge in [0, 0.05) is 51.1 Å². The van der Waals surface area contributed by atoms with Crippen LogP contribution in [-0.2, 0) is 14.3 Å². The summed E-state index contributed by atoms with van der Waals surface area (Å²) in [5, 5.41) is 18.6. The Balaban J connectivity index is 1.96. The molecule has 0 saturated heterocycles. The summed E-state index contributed by atoms with van der Waals surface area (Å²) in [4.78, 5) is 39.5. The third-order valence-electron chi connectivity index (χ3n) is 6.72. The monoisotopic (exact) mass is 522 g/mol. The van der Waals surface area contributed by atoms with Crippen LogP contribution in [0.3, 0.4) is 0 Å². The van der Waals surface area contributed by atoms with E-state index < -0.39 is 17.7 Å². The largest absolute Gasteiger partial charge is 0.395 e. The fraction of sp³-hybridized carbons (Fsp3) is 0.448. The Kier molecular flexibility index (Phi) is 10.3. The number of nitrogens with zero attached hydrogens (tertiary/aromatic N) is 4. The zero-order valence-electron chi connectivity index (χ0n) is 22.9. The van der Waals surface area contributed by atoms with Crippen LogP contribution in [0.15, 0.2) is 46.4 Å². The Morgan fingerprint density at radius 3 is 1.55 bits per heavy atom. The second-order valence-electron chi connectivity index (χ2n) is 9.19. The van der Waals surface area contributed by atoms with Crippen molar-refractivity contribution in [3.8, 4) is 0 Å². The lowest BCUT2D eigenvalue weighted by Crippen LogP contribution is -2.47. The lowest BCUT2D eigenvalue weighted by molar-refractivity contribution is -0.133. The number of carbonyl (C=O) groups is 2. The molecule has 0 radical (unpaired) electrons. The lowest BCUT2D eigenvalue weighted by atomic mass is 9.90. The first-order chi connectivity index (χ1) is 18.3. The molecule has 0 bridgehead atoms. The Morgan fingerprint density at radius 1 is 0.816 bits per heavy atom. The van der Waals surface area contributed by atoms with Crippen molar-refractivity contribution >= 4 is 45.7 Å². The van der Waals surface area contributed by atoms with Crippen molar-refractivity contribution in [2.45, 2.75) is 40.2 Å². The van der Waals surface area contributed by atoms with Crippen LogP contribution in [0.25, 0.3) is 0 Å². The number of aliphatic hydroxyl groups is 2. The van der Waals surface area contributed by atoms with E-state index >= 15 is 0 Å². The molecule has 0 unspecified atom stereocenters. The van der Waals surface area contributed by atoms with Crippen LogP contribution in [0.2, 0.25) is 0 Å². The molecule has 2 aromatic rings. The first-order valence-corrected chi connectivity index (χ1v) is 13.0. The number of benzene rings is 2. The molecule has 1 fully saturated rings. The van der Waals surface area contributed by atoms with Crippen molar-refractivity contribution in [1.29, 1.82) is 0 Å². The molecule has 204 valence electrons. The number of hydrogen-bond donors (Lipinski definition) is 2. The van der Waals surface area contributed by atoms with E-state index in [4.69, 9.17) is 4.74 Å². The van der Waals surface area contributed by atoms with E-state index in [1.165, 1.54) is 7.11 Å². The number of methoxy groups -OCH3 is 1. The summed E-state index contributed by atoms with van der Waals surface area (Å²) in [7, 11) is 1.34. The first-order valence-electron chi connectivity index (χ1n) is 13.0. The van der Waals surface area contributed by atoms with Gasteiger partial charge >= 0.3 is 0 Å². The summed E-state index contributed by atoms with van der Waals surface area (Å²) in [6.07, 6.45) is -1.27. The number of hydrogen-bond acceptors (Lipinski definition) is 9. The van der Waals surface area contributed by atoms with Gasteiger partial charge in [0.05, 0.1) is 36.0 Å². The molecule has 3 rings (SSSR count). The van der Waals surface area contributed by atoms with Gasteiger partial charge in [-0.2, -0.15) is 0 Å². The maximum absolute atomic E-state index is 13.1. The number of ketones is 2. The SMILES string of the molecule is CCN(CCO)c1ccc(N=C2CC(=Nc3ccc(N(CC)CCO)cc3C)C(=O)C(OC)C2=O)c(C)c1. The number of carbonyl (C=O) groups excluding carboxylic acids is 2. The van der Waals surface area contributed by atoms with E-state index in [1.807, 2.05) is 64.1 Å². The number of aliphatic imine (C=N–C) groups is 2. The first kappa shape index (κ1) is 29.2. The maximum atomic E-state index is 13.1. The number of likely N-dealkylation sites (N-methyl/N-ethyl adjacent to an activating group) is 2. The molecular formula is C29H38N4O5. The number of Topliss-reactive ketones (excluding diaryl/α,β-unsaturated/α-hetero) is 2. The molecule has 1 saturated carbocycles. The van der Waals surface area contributed by atoms with Gasteiger partial charge in [0.2, 0.25) is 11.6 Å². The third kappa shape index (κ3) is 6.53. The zero-order valence-corrected chi connectivity index (χ0v) is 22.9. The van der Waals surface area contributed by atoms with Crippen LogP contribution in [0.4, 0.5) is 22.7 Å². The maximum Gasteiger partial charge on any atom is 0.214 e. The summed E-state index contributed by atoms with van der Waals surface area (Å²) in [6, 6.07) is 11.5. The molecule has 1 aliphatic rings. The minimum absolute atomic E-state index is 0.0110. The van der Waals surface area contributed by atoms with Crippen molar-refractivity contribution in [2.75, 3.05) is 56.3 Å². The minimum Gasteiger partial charge on any atom is -0.395 e. The average molecular weight is 523 g/mol. The fourth-order valence-electron chi connectivity index (χ4n) is 4.55. The topological polar surface area (TPSA) is 115 Å². The quantitative estimate of drug-likeness (QED) is 0.435. The number of aryl methyl sites for hydroxylation is 2. The van der Waals surface area contributed by atoms with E-state index in [-0.39, 0.29) is 31.1 Å². The summed E-state index contributed by atoms with van der Waals surface area (Å²) in [5.74, 6) is -0.907. The van der Waals surface area contributed by atoms with Gasteiger partial charge in [-0.1, -0.05) is 0 Å². The van der Waals surface area contributed by atoms with Crippen LogP contribution >= 0.6 is 0 Å². The number of anilines is 2. The second kappa shape index (κ2) is 13.4. The molecule has 0 atom stereocenters. The van der Waals surface area contributed by atoms with E-state index in [0.29, 0.717) is 24.5 Å². The van der Waals surface area contributed by atoms with Gasteiger partial charge in [-0.3, -0.25) is 9.59 Å². The van der Waals surface area contributed by atoms with Crippen LogP contribution in [0.1, 0.15) is 31.4 Å². The van der Waals surface area contributed by atoms with Crippen LogP contribution < -0.4 is 9.80 Å². The molecule has 0 heterocycles. The molecule has 2 N–H and O–H groups in total. The summed E-state index contributed by atoms with van der Waals surface area (Å²) in [6.45, 7) is 10.5. The lowest BCUT2D eigenvalue weighted by Gasteiger charge is -2.24. The van der Waals surface area contributed by atoms with E-state index in [1.54, 1.807) is 0 Å². The predicted octanol–water partition coefficient (Wildman–Crippen LogP) is 3.34. The molecule has 38 heavy (non-hydrogen) atoms. The Hall–Kier alpha value is -3.40. The molecule has 0 aromatic heterocycles. The van der Waals surface area contributed by atoms with Crippen molar-refractivity contribution in [2.24, 2.45) is 9.98 Å². The predicted molar refractivity (Wildman–Crippen MR) is 152 cm³/mol. The van der Waals surface area contributed by atoms with Crippen molar-refractivity contribution in [3.63, 3.8) is 0 Å². The summed E-state index contributed by atoms with van der Waals surface area (Å²) >= 11 is 0. The second-order valence-corrected chi connectivity index (χ2v) is 9.19. The minimum atomic E-state index is -1.28. The molecule has 0 amide bonds. The van der Waals surface area contributed by atoms with Gasteiger partial charge in [-0.25, -0.2) is 9.98 Å². The standard InChI is InChI=1S/C29H38N4O5/c1-6-32(12-14-34)21-8-10-23(19(3)16-21)30-25-18-26(28(37)29(38-5)27(25)36)31-24-11-9-22(17-20(24)4)33(7-2)13-15-35/h8-11,16-17,29,34-35H,6-7,12-15,18H2,1-5H3. The molecule has 0 spiro atoms. The molecule has 0 aliphatic heterocycles. The number of rotatable bonds is 11. The Bertz CT molecular complexity index is 1130. The highest BCUT2D eigenvalue weighted by molar-refractivity contribution is 6.63. The van der Waals surface area contributed by atoms with Crippen LogP contribution in [0, 0.1) is 13.8 Å². The molecule has 9 heteroatoms. The molecule has 9 nitrogen and oxygen atoms in total.